The highest BCUT2D eigenvalue weighted by Gasteiger charge is 2.21. The summed E-state index contributed by atoms with van der Waals surface area (Å²) >= 11 is 0. The first-order valence-corrected chi connectivity index (χ1v) is 14.3. The molecule has 206 valence electrons. The summed E-state index contributed by atoms with van der Waals surface area (Å²) < 4.78 is 26.2. The largest absolute Gasteiger partial charge is 0.478 e. The number of nitrogens with zero attached hydrogens (tertiary/aromatic N) is 2. The minimum absolute atomic E-state index is 0.00119. The lowest BCUT2D eigenvalue weighted by Crippen LogP contribution is -2.20. The first-order chi connectivity index (χ1) is 17.6. The van der Waals surface area contributed by atoms with Crippen LogP contribution < -0.4 is 0 Å². The Hall–Kier alpha value is -2.90. The second-order valence-electron chi connectivity index (χ2n) is 11.3. The van der Waals surface area contributed by atoms with Gasteiger partial charge in [-0.2, -0.15) is 0 Å². The zero-order chi connectivity index (χ0) is 28.3. The third-order valence-corrected chi connectivity index (χ3v) is 7.45. The van der Waals surface area contributed by atoms with E-state index in [2.05, 4.69) is 50.7 Å². The summed E-state index contributed by atoms with van der Waals surface area (Å²) in [5.41, 5.74) is 3.31. The van der Waals surface area contributed by atoms with Gasteiger partial charge in [0.2, 0.25) is 0 Å². The number of ether oxygens (including phenoxy) is 1. The summed E-state index contributed by atoms with van der Waals surface area (Å²) in [7, 11) is -2.11. The molecule has 2 aromatic heterocycles. The Morgan fingerprint density at radius 2 is 1.37 bits per heavy atom. The van der Waals surface area contributed by atoms with Crippen molar-refractivity contribution >= 4 is 35.4 Å². The number of aromatic nitrogens is 2. The molecule has 4 aromatic rings. The van der Waals surface area contributed by atoms with Crippen LogP contribution in [-0.2, 0) is 31.1 Å². The van der Waals surface area contributed by atoms with Gasteiger partial charge in [0.05, 0.1) is 24.9 Å². The quantitative estimate of drug-likeness (QED) is 0.196. The number of carbonyl (C=O) groups is 1. The number of aromatic carboxylic acids is 1. The standard InChI is InChI=1S/C16H24NO4P.C13H15NO2/c1-16(2,3)17-8-7-14-11-13(5-6-15(14)17)12-22(18,19)21-10-9-20-4;1-13(2,3)14-7-6-9-8-10(12(15)16)4-5-11(9)14/h5-8,11H,9-10,12H2,1-4H3,(H,18,19);4-8H,1-3H3,(H,15,16). The molecule has 0 bridgehead atoms. The molecule has 0 aliphatic rings. The van der Waals surface area contributed by atoms with Gasteiger partial charge in [0, 0.05) is 47.0 Å². The minimum atomic E-state index is -3.63. The van der Waals surface area contributed by atoms with Crippen LogP contribution >= 0.6 is 7.60 Å². The summed E-state index contributed by atoms with van der Waals surface area (Å²) in [5.74, 6) is -0.884. The van der Waals surface area contributed by atoms with E-state index < -0.39 is 13.6 Å². The highest BCUT2D eigenvalue weighted by atomic mass is 31.2. The van der Waals surface area contributed by atoms with Crippen molar-refractivity contribution in [3.63, 3.8) is 0 Å². The fraction of sp³-hybridized carbons (Fsp3) is 0.414. The van der Waals surface area contributed by atoms with E-state index in [1.165, 1.54) is 7.11 Å². The summed E-state index contributed by atoms with van der Waals surface area (Å²) in [6.45, 7) is 13.2. The van der Waals surface area contributed by atoms with Crippen LogP contribution in [0.2, 0.25) is 0 Å². The van der Waals surface area contributed by atoms with Crippen molar-refractivity contribution < 1.29 is 28.6 Å². The zero-order valence-electron chi connectivity index (χ0n) is 23.3. The Morgan fingerprint density at radius 1 is 0.842 bits per heavy atom. The van der Waals surface area contributed by atoms with Gasteiger partial charge < -0.3 is 28.4 Å². The highest BCUT2D eigenvalue weighted by Crippen LogP contribution is 2.45. The zero-order valence-corrected chi connectivity index (χ0v) is 24.2. The molecular weight excluding hydrogens is 503 g/mol. The predicted octanol–water partition coefficient (Wildman–Crippen LogP) is 6.84. The van der Waals surface area contributed by atoms with E-state index in [1.807, 2.05) is 48.8 Å². The number of hydrogen-bond acceptors (Lipinski definition) is 4. The molecule has 0 aliphatic carbocycles. The van der Waals surface area contributed by atoms with Gasteiger partial charge in [0.25, 0.3) is 0 Å². The Morgan fingerprint density at radius 3 is 1.87 bits per heavy atom. The van der Waals surface area contributed by atoms with Crippen LogP contribution in [0.25, 0.3) is 21.8 Å². The summed E-state index contributed by atoms with van der Waals surface area (Å²) in [6.07, 6.45) is 4.05. The van der Waals surface area contributed by atoms with Crippen LogP contribution in [0.1, 0.15) is 57.5 Å². The number of carboxylic acid groups (broad SMARTS) is 1. The van der Waals surface area contributed by atoms with E-state index in [1.54, 1.807) is 12.1 Å². The van der Waals surface area contributed by atoms with Crippen LogP contribution in [0.5, 0.6) is 0 Å². The SMILES string of the molecule is CC(C)(C)n1ccc2cc(C(=O)O)ccc21.COCCOP(=O)(O)Cc1ccc2c(ccn2C(C)(C)C)c1. The van der Waals surface area contributed by atoms with E-state index in [4.69, 9.17) is 14.4 Å². The van der Waals surface area contributed by atoms with E-state index >= 15 is 0 Å². The lowest BCUT2D eigenvalue weighted by atomic mass is 10.1. The molecule has 0 radical (unpaired) electrons. The van der Waals surface area contributed by atoms with E-state index in [0.717, 1.165) is 27.4 Å². The van der Waals surface area contributed by atoms with Crippen molar-refractivity contribution in [3.8, 4) is 0 Å². The molecule has 1 unspecified atom stereocenters. The summed E-state index contributed by atoms with van der Waals surface area (Å²) in [6, 6.07) is 15.0. The fourth-order valence-electron chi connectivity index (χ4n) is 4.28. The molecule has 0 fully saturated rings. The molecule has 4 rings (SSSR count). The molecule has 1 atom stereocenters. The van der Waals surface area contributed by atoms with Gasteiger partial charge in [0.15, 0.2) is 0 Å². The second kappa shape index (κ2) is 11.5. The van der Waals surface area contributed by atoms with E-state index in [-0.39, 0.29) is 23.8 Å². The molecule has 0 amide bonds. The first-order valence-electron chi connectivity index (χ1n) is 12.5. The van der Waals surface area contributed by atoms with Gasteiger partial charge in [0.1, 0.15) is 0 Å². The maximum Gasteiger partial charge on any atom is 0.335 e. The molecule has 0 aliphatic heterocycles. The fourth-order valence-corrected chi connectivity index (χ4v) is 5.38. The molecule has 9 heteroatoms. The smallest absolute Gasteiger partial charge is 0.335 e. The lowest BCUT2D eigenvalue weighted by molar-refractivity contribution is 0.0697. The average molecular weight is 543 g/mol. The number of hydrogen-bond donors (Lipinski definition) is 2. The Balaban J connectivity index is 0.000000221. The monoisotopic (exact) mass is 542 g/mol. The van der Waals surface area contributed by atoms with Crippen LogP contribution in [-0.4, -0.2) is 45.4 Å². The van der Waals surface area contributed by atoms with Gasteiger partial charge in [-0.15, -0.1) is 0 Å². The van der Waals surface area contributed by atoms with Gasteiger partial charge in [-0.1, -0.05) is 6.07 Å². The topological polar surface area (TPSA) is 103 Å². The average Bonchev–Trinajstić information content (AvgIpc) is 3.42. The number of carboxylic acids is 1. The summed E-state index contributed by atoms with van der Waals surface area (Å²) in [4.78, 5) is 20.7. The van der Waals surface area contributed by atoms with Crippen molar-refractivity contribution in [3.05, 3.63) is 72.1 Å². The summed E-state index contributed by atoms with van der Waals surface area (Å²) in [5, 5.41) is 10.9. The maximum absolute atomic E-state index is 12.0. The van der Waals surface area contributed by atoms with Gasteiger partial charge >= 0.3 is 13.6 Å². The highest BCUT2D eigenvalue weighted by molar-refractivity contribution is 7.51. The maximum atomic E-state index is 12.0. The number of methoxy groups -OCH3 is 1. The van der Waals surface area contributed by atoms with Gasteiger partial charge in [-0.25, -0.2) is 4.79 Å². The Bertz CT molecular complexity index is 1460. The van der Waals surface area contributed by atoms with Crippen molar-refractivity contribution in [1.29, 1.82) is 0 Å². The normalized spacial score (nSPS) is 13.8. The third-order valence-electron chi connectivity index (χ3n) is 6.10. The minimum Gasteiger partial charge on any atom is -0.478 e. The lowest BCUT2D eigenvalue weighted by Gasteiger charge is -2.22. The van der Waals surface area contributed by atoms with Crippen LogP contribution in [0.15, 0.2) is 60.9 Å². The molecule has 2 aromatic carbocycles. The van der Waals surface area contributed by atoms with Crippen LogP contribution in [0.4, 0.5) is 0 Å². The first kappa shape index (κ1) is 29.7. The molecule has 38 heavy (non-hydrogen) atoms. The number of rotatable bonds is 7. The molecule has 2 heterocycles. The molecule has 8 nitrogen and oxygen atoms in total. The van der Waals surface area contributed by atoms with Crippen molar-refractivity contribution in [1.82, 2.24) is 9.13 Å². The Kier molecular flexibility index (Phi) is 8.94. The Labute approximate surface area is 224 Å². The van der Waals surface area contributed by atoms with Gasteiger partial charge in [-0.3, -0.25) is 4.57 Å². The molecule has 0 saturated heterocycles. The van der Waals surface area contributed by atoms with Crippen molar-refractivity contribution in [2.75, 3.05) is 20.3 Å². The predicted molar refractivity (Wildman–Crippen MR) is 152 cm³/mol. The molecule has 0 spiro atoms. The van der Waals surface area contributed by atoms with Gasteiger partial charge in [-0.05, 0) is 95.0 Å². The number of fused-ring (bicyclic) bond motifs is 2. The van der Waals surface area contributed by atoms with E-state index in [9.17, 15) is 14.3 Å². The van der Waals surface area contributed by atoms with Crippen molar-refractivity contribution in [2.45, 2.75) is 58.8 Å². The van der Waals surface area contributed by atoms with Crippen LogP contribution in [0, 0.1) is 0 Å². The van der Waals surface area contributed by atoms with Crippen molar-refractivity contribution in [2.24, 2.45) is 0 Å². The molecular formula is C29H39N2O6P. The molecule has 2 N–H and O–H groups in total. The number of benzene rings is 2. The van der Waals surface area contributed by atoms with Crippen LogP contribution in [0.3, 0.4) is 0 Å². The molecule has 0 saturated carbocycles. The third kappa shape index (κ3) is 7.35. The second-order valence-corrected chi connectivity index (χ2v) is 13.2. The van der Waals surface area contributed by atoms with E-state index in [0.29, 0.717) is 12.2 Å².